The minimum Gasteiger partial charge on any atom is -0.493 e. The molecule has 2 aromatic rings. The zero-order valence-corrected chi connectivity index (χ0v) is 14.8. The van der Waals surface area contributed by atoms with Crippen LogP contribution < -0.4 is 10.1 Å². The molecule has 26 heavy (non-hydrogen) atoms. The largest absolute Gasteiger partial charge is 0.493 e. The van der Waals surface area contributed by atoms with E-state index < -0.39 is 0 Å². The topological polar surface area (TPSA) is 58.6 Å². The van der Waals surface area contributed by atoms with Crippen molar-refractivity contribution in [2.24, 2.45) is 5.92 Å². The van der Waals surface area contributed by atoms with E-state index in [0.29, 0.717) is 26.1 Å². The van der Waals surface area contributed by atoms with Gasteiger partial charge in [0.25, 0.3) is 0 Å². The van der Waals surface area contributed by atoms with Crippen molar-refractivity contribution in [2.45, 2.75) is 19.3 Å². The predicted molar refractivity (Wildman–Crippen MR) is 101 cm³/mol. The van der Waals surface area contributed by atoms with E-state index in [1.807, 2.05) is 60.7 Å². The van der Waals surface area contributed by atoms with Crippen molar-refractivity contribution in [3.05, 3.63) is 60.7 Å². The van der Waals surface area contributed by atoms with Gasteiger partial charge < -0.3 is 15.0 Å². The molecule has 1 aliphatic heterocycles. The monoisotopic (exact) mass is 352 g/mol. The van der Waals surface area contributed by atoms with Crippen LogP contribution in [0.5, 0.6) is 5.75 Å². The number of piperidine rings is 1. The quantitative estimate of drug-likeness (QED) is 0.867. The molecule has 136 valence electrons. The fraction of sp³-hybridized carbons (Fsp3) is 0.333. The Hall–Kier alpha value is -2.82. The lowest BCUT2D eigenvalue weighted by molar-refractivity contribution is -0.135. The number of anilines is 1. The number of hydrogen-bond donors (Lipinski definition) is 1. The van der Waals surface area contributed by atoms with Gasteiger partial charge in [-0.1, -0.05) is 36.4 Å². The lowest BCUT2D eigenvalue weighted by Crippen LogP contribution is -2.44. The van der Waals surface area contributed by atoms with Crippen molar-refractivity contribution in [2.75, 3.05) is 25.0 Å². The Bertz CT molecular complexity index is 719. The molecule has 0 bridgehead atoms. The normalized spacial score (nSPS) is 16.8. The lowest BCUT2D eigenvalue weighted by Gasteiger charge is -2.32. The number of ether oxygens (including phenoxy) is 1. The molecule has 3 rings (SSSR count). The maximum atomic E-state index is 12.5. The van der Waals surface area contributed by atoms with Gasteiger partial charge in [0.1, 0.15) is 5.75 Å². The van der Waals surface area contributed by atoms with Gasteiger partial charge >= 0.3 is 0 Å². The number of hydrogen-bond acceptors (Lipinski definition) is 3. The number of para-hydroxylation sites is 2. The first kappa shape index (κ1) is 18.0. The van der Waals surface area contributed by atoms with Crippen molar-refractivity contribution in [3.8, 4) is 5.75 Å². The first-order valence-corrected chi connectivity index (χ1v) is 9.04. The van der Waals surface area contributed by atoms with E-state index in [2.05, 4.69) is 5.32 Å². The summed E-state index contributed by atoms with van der Waals surface area (Å²) in [7, 11) is 0. The van der Waals surface area contributed by atoms with Crippen LogP contribution in [0.2, 0.25) is 0 Å². The van der Waals surface area contributed by atoms with Crippen molar-refractivity contribution >= 4 is 17.5 Å². The third kappa shape index (κ3) is 5.09. The van der Waals surface area contributed by atoms with E-state index in [4.69, 9.17) is 4.74 Å². The van der Waals surface area contributed by atoms with Crippen LogP contribution in [0.25, 0.3) is 0 Å². The molecule has 1 N–H and O–H groups in total. The summed E-state index contributed by atoms with van der Waals surface area (Å²) in [6, 6.07) is 18.9. The summed E-state index contributed by atoms with van der Waals surface area (Å²) in [6.07, 6.45) is 1.98. The van der Waals surface area contributed by atoms with Crippen LogP contribution in [0.4, 0.5) is 5.69 Å². The van der Waals surface area contributed by atoms with Crippen LogP contribution in [0, 0.1) is 5.92 Å². The van der Waals surface area contributed by atoms with Crippen LogP contribution in [-0.4, -0.2) is 36.4 Å². The van der Waals surface area contributed by atoms with Gasteiger partial charge in [-0.25, -0.2) is 0 Å². The SMILES string of the molecule is O=C(Nc1ccccc1)C1CCCN(C(=O)CCOc2ccccc2)C1. The van der Waals surface area contributed by atoms with Gasteiger partial charge in [0, 0.05) is 18.8 Å². The predicted octanol–water partition coefficient (Wildman–Crippen LogP) is 3.33. The maximum Gasteiger partial charge on any atom is 0.229 e. The molecule has 0 aliphatic carbocycles. The molecule has 5 nitrogen and oxygen atoms in total. The van der Waals surface area contributed by atoms with E-state index in [1.165, 1.54) is 0 Å². The van der Waals surface area contributed by atoms with E-state index in [0.717, 1.165) is 24.3 Å². The summed E-state index contributed by atoms with van der Waals surface area (Å²) in [4.78, 5) is 26.7. The van der Waals surface area contributed by atoms with Gasteiger partial charge in [-0.15, -0.1) is 0 Å². The highest BCUT2D eigenvalue weighted by molar-refractivity contribution is 5.93. The maximum absolute atomic E-state index is 12.5. The number of carbonyl (C=O) groups is 2. The number of amides is 2. The van der Waals surface area contributed by atoms with E-state index >= 15 is 0 Å². The zero-order chi connectivity index (χ0) is 18.2. The summed E-state index contributed by atoms with van der Waals surface area (Å²) in [5, 5.41) is 2.93. The summed E-state index contributed by atoms with van der Waals surface area (Å²) in [5.74, 6) is 0.620. The molecule has 1 atom stereocenters. The molecule has 2 amide bonds. The third-order valence-electron chi connectivity index (χ3n) is 4.51. The van der Waals surface area contributed by atoms with Crippen LogP contribution in [0.3, 0.4) is 0 Å². The van der Waals surface area contributed by atoms with Crippen LogP contribution in [-0.2, 0) is 9.59 Å². The fourth-order valence-corrected chi connectivity index (χ4v) is 3.11. The van der Waals surface area contributed by atoms with Gasteiger partial charge in [-0.2, -0.15) is 0 Å². The van der Waals surface area contributed by atoms with Gasteiger partial charge in [0.15, 0.2) is 0 Å². The lowest BCUT2D eigenvalue weighted by atomic mass is 9.96. The second kappa shape index (κ2) is 9.04. The highest BCUT2D eigenvalue weighted by atomic mass is 16.5. The van der Waals surface area contributed by atoms with E-state index in [9.17, 15) is 9.59 Å². The van der Waals surface area contributed by atoms with E-state index in [1.54, 1.807) is 4.90 Å². The molecular formula is C21H24N2O3. The Morgan fingerprint density at radius 3 is 2.46 bits per heavy atom. The van der Waals surface area contributed by atoms with Gasteiger partial charge in [-0.05, 0) is 37.1 Å². The second-order valence-electron chi connectivity index (χ2n) is 6.45. The number of nitrogens with one attached hydrogen (secondary N) is 1. The Balaban J connectivity index is 1.46. The van der Waals surface area contributed by atoms with E-state index in [-0.39, 0.29) is 17.7 Å². The Labute approximate surface area is 154 Å². The highest BCUT2D eigenvalue weighted by Crippen LogP contribution is 2.19. The molecule has 1 heterocycles. The molecular weight excluding hydrogens is 328 g/mol. The third-order valence-corrected chi connectivity index (χ3v) is 4.51. The zero-order valence-electron chi connectivity index (χ0n) is 14.8. The summed E-state index contributed by atoms with van der Waals surface area (Å²) >= 11 is 0. The second-order valence-corrected chi connectivity index (χ2v) is 6.45. The van der Waals surface area contributed by atoms with Crippen molar-refractivity contribution < 1.29 is 14.3 Å². The number of rotatable bonds is 6. The van der Waals surface area contributed by atoms with Gasteiger partial charge in [-0.3, -0.25) is 9.59 Å². The summed E-state index contributed by atoms with van der Waals surface area (Å²) in [6.45, 7) is 1.53. The molecule has 0 radical (unpaired) electrons. The first-order chi connectivity index (χ1) is 12.7. The standard InChI is InChI=1S/C21H24N2O3/c24-20(13-15-26-19-11-5-2-6-12-19)23-14-7-8-17(16-23)21(25)22-18-9-3-1-4-10-18/h1-6,9-12,17H,7-8,13-16H2,(H,22,25). The average Bonchev–Trinajstić information content (AvgIpc) is 2.69. The Kier molecular flexibility index (Phi) is 6.25. The minimum atomic E-state index is -0.164. The molecule has 1 saturated heterocycles. The summed E-state index contributed by atoms with van der Waals surface area (Å²) < 4.78 is 5.59. The Morgan fingerprint density at radius 2 is 1.73 bits per heavy atom. The summed E-state index contributed by atoms with van der Waals surface area (Å²) in [5.41, 5.74) is 0.789. The minimum absolute atomic E-state index is 0.0192. The van der Waals surface area contributed by atoms with Crippen LogP contribution in [0.15, 0.2) is 60.7 Å². The number of likely N-dealkylation sites (tertiary alicyclic amines) is 1. The average molecular weight is 352 g/mol. The highest BCUT2D eigenvalue weighted by Gasteiger charge is 2.28. The molecule has 0 spiro atoms. The smallest absolute Gasteiger partial charge is 0.229 e. The molecule has 0 saturated carbocycles. The first-order valence-electron chi connectivity index (χ1n) is 9.04. The number of nitrogens with zero attached hydrogens (tertiary/aromatic N) is 1. The molecule has 5 heteroatoms. The van der Waals surface area contributed by atoms with Crippen molar-refractivity contribution in [1.82, 2.24) is 4.90 Å². The molecule has 1 fully saturated rings. The molecule has 0 aromatic heterocycles. The Morgan fingerprint density at radius 1 is 1.04 bits per heavy atom. The van der Waals surface area contributed by atoms with Gasteiger partial charge in [0.05, 0.1) is 18.9 Å². The molecule has 1 aliphatic rings. The molecule has 1 unspecified atom stereocenters. The van der Waals surface area contributed by atoms with Crippen LogP contribution in [0.1, 0.15) is 19.3 Å². The van der Waals surface area contributed by atoms with Crippen molar-refractivity contribution in [1.29, 1.82) is 0 Å². The fourth-order valence-electron chi connectivity index (χ4n) is 3.11. The number of benzene rings is 2. The van der Waals surface area contributed by atoms with Crippen molar-refractivity contribution in [3.63, 3.8) is 0 Å². The van der Waals surface area contributed by atoms with Crippen LogP contribution >= 0.6 is 0 Å². The molecule has 2 aromatic carbocycles. The van der Waals surface area contributed by atoms with Gasteiger partial charge in [0.2, 0.25) is 11.8 Å². The number of carbonyl (C=O) groups excluding carboxylic acids is 2.